The van der Waals surface area contributed by atoms with Crippen molar-refractivity contribution in [2.45, 2.75) is 12.5 Å². The zero-order valence-electron chi connectivity index (χ0n) is 11.0. The third-order valence-electron chi connectivity index (χ3n) is 2.92. The molecule has 1 aromatic carbocycles. The summed E-state index contributed by atoms with van der Waals surface area (Å²) in [6.07, 6.45) is 3.74. The maximum atomic E-state index is 9.25. The Hall–Kier alpha value is -2.80. The number of aromatic hydroxyl groups is 1. The molecule has 0 aliphatic heterocycles. The van der Waals surface area contributed by atoms with Crippen LogP contribution in [-0.2, 0) is 6.42 Å². The molecule has 0 unspecified atom stereocenters. The molecular formula is C14H13N5O2. The van der Waals surface area contributed by atoms with Crippen LogP contribution in [0.5, 0.6) is 5.75 Å². The highest BCUT2D eigenvalue weighted by atomic mass is 16.5. The van der Waals surface area contributed by atoms with Crippen molar-refractivity contribution in [2.75, 3.05) is 0 Å². The van der Waals surface area contributed by atoms with Crippen molar-refractivity contribution in [2.24, 2.45) is 5.73 Å². The molecule has 0 radical (unpaired) electrons. The van der Waals surface area contributed by atoms with Crippen molar-refractivity contribution in [1.82, 2.24) is 20.1 Å². The van der Waals surface area contributed by atoms with E-state index >= 15 is 0 Å². The number of hydrogen-bond donors (Lipinski definition) is 2. The lowest BCUT2D eigenvalue weighted by Crippen LogP contribution is -2.13. The number of rotatable bonds is 4. The van der Waals surface area contributed by atoms with E-state index in [2.05, 4.69) is 20.1 Å². The van der Waals surface area contributed by atoms with Gasteiger partial charge in [-0.25, -0.2) is 9.97 Å². The molecule has 0 fully saturated rings. The molecule has 3 rings (SSSR count). The lowest BCUT2D eigenvalue weighted by atomic mass is 10.1. The normalized spacial score (nSPS) is 12.2. The Morgan fingerprint density at radius 2 is 1.81 bits per heavy atom. The van der Waals surface area contributed by atoms with Gasteiger partial charge in [0.25, 0.3) is 0 Å². The van der Waals surface area contributed by atoms with Crippen LogP contribution in [0.3, 0.4) is 0 Å². The van der Waals surface area contributed by atoms with Gasteiger partial charge in [0.1, 0.15) is 5.75 Å². The predicted octanol–water partition coefficient (Wildman–Crippen LogP) is 1.47. The second-order valence-corrected chi connectivity index (χ2v) is 4.51. The minimum Gasteiger partial charge on any atom is -0.508 e. The minimum absolute atomic E-state index is 0.216. The van der Waals surface area contributed by atoms with Gasteiger partial charge < -0.3 is 15.4 Å². The van der Waals surface area contributed by atoms with Crippen LogP contribution in [0.25, 0.3) is 11.6 Å². The summed E-state index contributed by atoms with van der Waals surface area (Å²) >= 11 is 0. The molecule has 0 bridgehead atoms. The molecule has 2 heterocycles. The molecule has 21 heavy (non-hydrogen) atoms. The number of nitrogens with zero attached hydrogens (tertiary/aromatic N) is 4. The molecule has 0 aliphatic rings. The molecule has 3 aromatic rings. The summed E-state index contributed by atoms with van der Waals surface area (Å²) in [5, 5.41) is 13.1. The average molecular weight is 283 g/mol. The number of aromatic nitrogens is 4. The van der Waals surface area contributed by atoms with E-state index in [9.17, 15) is 5.11 Å². The molecule has 0 saturated heterocycles. The van der Waals surface area contributed by atoms with E-state index in [1.54, 1.807) is 42.7 Å². The summed E-state index contributed by atoms with van der Waals surface area (Å²) in [4.78, 5) is 12.3. The first-order chi connectivity index (χ1) is 10.2. The highest BCUT2D eigenvalue weighted by Gasteiger charge is 2.17. The molecule has 0 spiro atoms. The molecule has 7 heteroatoms. The fourth-order valence-electron chi connectivity index (χ4n) is 1.86. The van der Waals surface area contributed by atoms with Crippen molar-refractivity contribution < 1.29 is 9.63 Å². The van der Waals surface area contributed by atoms with E-state index in [0.717, 1.165) is 5.56 Å². The highest BCUT2D eigenvalue weighted by molar-refractivity contribution is 5.40. The van der Waals surface area contributed by atoms with Crippen LogP contribution < -0.4 is 5.73 Å². The zero-order valence-corrected chi connectivity index (χ0v) is 11.0. The van der Waals surface area contributed by atoms with Crippen LogP contribution in [-0.4, -0.2) is 25.2 Å². The molecule has 1 atom stereocenters. The first-order valence-electron chi connectivity index (χ1n) is 6.37. The standard InChI is InChI=1S/C14H13N5O2/c15-11(8-9-2-4-10(20)5-3-9)14-18-13(19-21-14)12-16-6-1-7-17-12/h1-7,11,20H,8,15H2/t11-/m0/s1. The summed E-state index contributed by atoms with van der Waals surface area (Å²) in [5.41, 5.74) is 7.03. The van der Waals surface area contributed by atoms with Crippen LogP contribution in [0.2, 0.25) is 0 Å². The summed E-state index contributed by atoms with van der Waals surface area (Å²) in [6, 6.07) is 8.10. The van der Waals surface area contributed by atoms with Gasteiger partial charge in [-0.05, 0) is 30.2 Å². The number of nitrogens with two attached hydrogens (primary N) is 1. The fourth-order valence-corrected chi connectivity index (χ4v) is 1.86. The second-order valence-electron chi connectivity index (χ2n) is 4.51. The van der Waals surface area contributed by atoms with Crippen LogP contribution in [0, 0.1) is 0 Å². The van der Waals surface area contributed by atoms with Gasteiger partial charge in [0.2, 0.25) is 17.5 Å². The zero-order chi connectivity index (χ0) is 14.7. The Balaban J connectivity index is 1.75. The highest BCUT2D eigenvalue weighted by Crippen LogP contribution is 2.18. The molecule has 0 aliphatic carbocycles. The van der Waals surface area contributed by atoms with Crippen LogP contribution in [0.1, 0.15) is 17.5 Å². The van der Waals surface area contributed by atoms with Gasteiger partial charge in [-0.15, -0.1) is 0 Å². The predicted molar refractivity (Wildman–Crippen MR) is 74.1 cm³/mol. The van der Waals surface area contributed by atoms with Crippen LogP contribution in [0.4, 0.5) is 0 Å². The summed E-state index contributed by atoms with van der Waals surface area (Å²) in [5.74, 6) is 1.25. The molecule has 106 valence electrons. The topological polar surface area (TPSA) is 111 Å². The summed E-state index contributed by atoms with van der Waals surface area (Å²) in [6.45, 7) is 0. The van der Waals surface area contributed by atoms with Crippen LogP contribution >= 0.6 is 0 Å². The Bertz CT molecular complexity index is 712. The lowest BCUT2D eigenvalue weighted by molar-refractivity contribution is 0.354. The minimum atomic E-state index is -0.431. The molecule has 0 amide bonds. The largest absolute Gasteiger partial charge is 0.508 e. The number of hydrogen-bond acceptors (Lipinski definition) is 7. The van der Waals surface area contributed by atoms with Gasteiger partial charge in [0.05, 0.1) is 6.04 Å². The Labute approximate surface area is 120 Å². The van der Waals surface area contributed by atoms with E-state index in [-0.39, 0.29) is 5.75 Å². The van der Waals surface area contributed by atoms with E-state index in [4.69, 9.17) is 10.3 Å². The SMILES string of the molecule is N[C@@H](Cc1ccc(O)cc1)c1nc(-c2ncccn2)no1. The Morgan fingerprint density at radius 3 is 2.52 bits per heavy atom. The van der Waals surface area contributed by atoms with Gasteiger partial charge in [-0.1, -0.05) is 17.3 Å². The third kappa shape index (κ3) is 3.03. The van der Waals surface area contributed by atoms with E-state index in [0.29, 0.717) is 24.0 Å². The third-order valence-corrected chi connectivity index (χ3v) is 2.92. The lowest BCUT2D eigenvalue weighted by Gasteiger charge is -2.06. The Kier molecular flexibility index (Phi) is 3.57. The number of phenolic OH excluding ortho intramolecular Hbond substituents is 1. The number of benzene rings is 1. The first-order valence-corrected chi connectivity index (χ1v) is 6.37. The van der Waals surface area contributed by atoms with Crippen molar-refractivity contribution in [3.8, 4) is 17.4 Å². The molecular weight excluding hydrogens is 270 g/mol. The van der Waals surface area contributed by atoms with Crippen molar-refractivity contribution >= 4 is 0 Å². The van der Waals surface area contributed by atoms with E-state index in [1.165, 1.54) is 0 Å². The van der Waals surface area contributed by atoms with Crippen LogP contribution in [0.15, 0.2) is 47.2 Å². The quantitative estimate of drug-likeness (QED) is 0.745. The second kappa shape index (κ2) is 5.68. The maximum absolute atomic E-state index is 9.25. The molecule has 7 nitrogen and oxygen atoms in total. The van der Waals surface area contributed by atoms with Crippen molar-refractivity contribution in [3.63, 3.8) is 0 Å². The molecule has 3 N–H and O–H groups in total. The Morgan fingerprint density at radius 1 is 1.10 bits per heavy atom. The first kappa shape index (κ1) is 13.2. The van der Waals surface area contributed by atoms with Gasteiger partial charge in [-0.3, -0.25) is 0 Å². The van der Waals surface area contributed by atoms with Crippen molar-refractivity contribution in [3.05, 3.63) is 54.2 Å². The average Bonchev–Trinajstić information content (AvgIpc) is 3.00. The van der Waals surface area contributed by atoms with Crippen molar-refractivity contribution in [1.29, 1.82) is 0 Å². The van der Waals surface area contributed by atoms with E-state index < -0.39 is 6.04 Å². The maximum Gasteiger partial charge on any atom is 0.244 e. The monoisotopic (exact) mass is 283 g/mol. The van der Waals surface area contributed by atoms with Gasteiger partial charge in [-0.2, -0.15) is 4.98 Å². The smallest absolute Gasteiger partial charge is 0.244 e. The van der Waals surface area contributed by atoms with Gasteiger partial charge in [0, 0.05) is 12.4 Å². The number of phenols is 1. The molecule has 2 aromatic heterocycles. The van der Waals surface area contributed by atoms with E-state index in [1.807, 2.05) is 0 Å². The summed E-state index contributed by atoms with van der Waals surface area (Å²) < 4.78 is 5.16. The molecule has 0 saturated carbocycles. The van der Waals surface area contributed by atoms with Gasteiger partial charge >= 0.3 is 0 Å². The fraction of sp³-hybridized carbons (Fsp3) is 0.143. The van der Waals surface area contributed by atoms with Gasteiger partial charge in [0.15, 0.2) is 0 Å². The summed E-state index contributed by atoms with van der Waals surface area (Å²) in [7, 11) is 0.